The van der Waals surface area contributed by atoms with E-state index in [4.69, 9.17) is 9.47 Å². The number of nitrogens with zero attached hydrogens (tertiary/aromatic N) is 4. The number of carbonyl (C=O) groups is 1. The molecule has 2 unspecified atom stereocenters. The molecule has 0 saturated heterocycles. The quantitative estimate of drug-likeness (QED) is 0.789. The average molecular weight is 336 g/mol. The molecule has 0 fully saturated rings. The highest BCUT2D eigenvalue weighted by atomic mass is 19.4. The summed E-state index contributed by atoms with van der Waals surface area (Å²) in [5, 5.41) is 6.81. The van der Waals surface area contributed by atoms with Crippen LogP contribution >= 0.6 is 0 Å². The second-order valence-electron chi connectivity index (χ2n) is 6.25. The van der Waals surface area contributed by atoms with Gasteiger partial charge < -0.3 is 9.47 Å². The molecule has 1 amide bonds. The lowest BCUT2D eigenvalue weighted by atomic mass is 10.2. The maximum absolute atomic E-state index is 13.0. The van der Waals surface area contributed by atoms with Crippen LogP contribution < -0.4 is 0 Å². The van der Waals surface area contributed by atoms with Crippen molar-refractivity contribution in [2.24, 2.45) is 0 Å². The molecular weight excluding hydrogens is 317 g/mol. The lowest BCUT2D eigenvalue weighted by molar-refractivity contribution is -0.154. The van der Waals surface area contributed by atoms with Crippen molar-refractivity contribution >= 4 is 6.09 Å². The van der Waals surface area contributed by atoms with Gasteiger partial charge in [0.1, 0.15) is 5.60 Å². The Kier molecular flexibility index (Phi) is 4.31. The van der Waals surface area contributed by atoms with E-state index in [9.17, 15) is 18.0 Å². The van der Waals surface area contributed by atoms with Crippen LogP contribution in [0.4, 0.5) is 18.0 Å². The molecule has 1 aliphatic rings. The molecule has 0 saturated carbocycles. The van der Waals surface area contributed by atoms with Crippen LogP contribution in [0.15, 0.2) is 0 Å². The van der Waals surface area contributed by atoms with Crippen LogP contribution in [-0.4, -0.2) is 45.0 Å². The summed E-state index contributed by atoms with van der Waals surface area (Å²) in [7, 11) is 1.26. The van der Waals surface area contributed by atoms with E-state index in [-0.39, 0.29) is 12.4 Å². The fraction of sp³-hybridized carbons (Fsp3) is 0.769. The highest BCUT2D eigenvalue weighted by molar-refractivity contribution is 5.69. The van der Waals surface area contributed by atoms with Crippen molar-refractivity contribution < 1.29 is 27.4 Å². The van der Waals surface area contributed by atoms with Crippen molar-refractivity contribution in [2.45, 2.75) is 51.7 Å². The first kappa shape index (κ1) is 17.5. The van der Waals surface area contributed by atoms with E-state index in [0.717, 1.165) is 4.57 Å². The van der Waals surface area contributed by atoms with E-state index >= 15 is 0 Å². The van der Waals surface area contributed by atoms with Crippen LogP contribution in [0.25, 0.3) is 0 Å². The molecule has 0 bridgehead atoms. The van der Waals surface area contributed by atoms with E-state index in [0.29, 0.717) is 0 Å². The lowest BCUT2D eigenvalue weighted by Crippen LogP contribution is -2.46. The number of methoxy groups -OCH3 is 1. The highest BCUT2D eigenvalue weighted by Crippen LogP contribution is 2.37. The van der Waals surface area contributed by atoms with Crippen LogP contribution in [-0.2, 0) is 15.7 Å². The van der Waals surface area contributed by atoms with Gasteiger partial charge in [-0.1, -0.05) is 0 Å². The molecule has 130 valence electrons. The maximum Gasteiger partial charge on any atom is 0.451 e. The van der Waals surface area contributed by atoms with Crippen molar-refractivity contribution in [2.75, 3.05) is 13.7 Å². The van der Waals surface area contributed by atoms with Gasteiger partial charge in [-0.2, -0.15) is 13.2 Å². The molecule has 0 spiro atoms. The van der Waals surface area contributed by atoms with Crippen LogP contribution in [0.5, 0.6) is 0 Å². The Bertz CT molecular complexity index is 594. The second-order valence-corrected chi connectivity index (χ2v) is 6.25. The van der Waals surface area contributed by atoms with E-state index in [1.54, 1.807) is 27.7 Å². The molecule has 23 heavy (non-hydrogen) atoms. The number of hydrogen-bond acceptors (Lipinski definition) is 5. The minimum Gasteiger partial charge on any atom is -0.444 e. The maximum atomic E-state index is 13.0. The number of aromatic nitrogens is 3. The molecule has 2 heterocycles. The summed E-state index contributed by atoms with van der Waals surface area (Å²) < 4.78 is 50.4. The van der Waals surface area contributed by atoms with E-state index in [2.05, 4.69) is 10.2 Å². The van der Waals surface area contributed by atoms with Gasteiger partial charge in [-0.15, -0.1) is 10.2 Å². The molecule has 2 rings (SSSR count). The molecule has 0 radical (unpaired) electrons. The number of hydrogen-bond donors (Lipinski definition) is 0. The van der Waals surface area contributed by atoms with Gasteiger partial charge >= 0.3 is 12.3 Å². The van der Waals surface area contributed by atoms with Crippen molar-refractivity contribution in [1.82, 2.24) is 19.7 Å². The zero-order chi connectivity index (χ0) is 17.6. The Hall–Kier alpha value is -1.84. The first-order valence-corrected chi connectivity index (χ1v) is 7.00. The number of rotatable bonds is 1. The Morgan fingerprint density at radius 3 is 2.35 bits per heavy atom. The van der Waals surface area contributed by atoms with Gasteiger partial charge in [0.05, 0.1) is 12.6 Å². The standard InChI is InChI=1S/C13H19F3N4O3/c1-7-9-17-18-10(13(14,15)16)20(9)8(22-5)6-19(7)11(21)23-12(2,3)4/h7-8H,6H2,1-5H3. The molecular formula is C13H19F3N4O3. The van der Waals surface area contributed by atoms with Crippen LogP contribution in [0.3, 0.4) is 0 Å². The second kappa shape index (κ2) is 5.66. The Morgan fingerprint density at radius 1 is 1.26 bits per heavy atom. The first-order chi connectivity index (χ1) is 10.5. The predicted molar refractivity (Wildman–Crippen MR) is 72.4 cm³/mol. The Balaban J connectivity index is 2.39. The van der Waals surface area contributed by atoms with Crippen molar-refractivity contribution in [3.63, 3.8) is 0 Å². The largest absolute Gasteiger partial charge is 0.451 e. The van der Waals surface area contributed by atoms with Gasteiger partial charge in [-0.3, -0.25) is 9.47 Å². The summed E-state index contributed by atoms with van der Waals surface area (Å²) in [5.74, 6) is -1.14. The zero-order valence-electron chi connectivity index (χ0n) is 13.5. The Morgan fingerprint density at radius 2 is 1.87 bits per heavy atom. The van der Waals surface area contributed by atoms with Gasteiger partial charge in [-0.25, -0.2) is 4.79 Å². The summed E-state index contributed by atoms with van der Waals surface area (Å²) in [4.78, 5) is 13.5. The number of alkyl halides is 3. The summed E-state index contributed by atoms with van der Waals surface area (Å²) in [6.45, 7) is 6.59. The fourth-order valence-electron chi connectivity index (χ4n) is 2.35. The first-order valence-electron chi connectivity index (χ1n) is 7.00. The fourth-order valence-corrected chi connectivity index (χ4v) is 2.35. The number of halogens is 3. The smallest absolute Gasteiger partial charge is 0.444 e. The van der Waals surface area contributed by atoms with Gasteiger partial charge in [0, 0.05) is 7.11 Å². The Labute approximate surface area is 131 Å². The van der Waals surface area contributed by atoms with Crippen molar-refractivity contribution in [1.29, 1.82) is 0 Å². The number of carbonyl (C=O) groups excluding carboxylic acids is 1. The third kappa shape index (κ3) is 3.41. The summed E-state index contributed by atoms with van der Waals surface area (Å²) >= 11 is 0. The summed E-state index contributed by atoms with van der Waals surface area (Å²) in [5.41, 5.74) is -0.721. The molecule has 0 aliphatic carbocycles. The predicted octanol–water partition coefficient (Wildman–Crippen LogP) is 2.75. The van der Waals surface area contributed by atoms with Crippen LogP contribution in [0.1, 0.15) is 51.6 Å². The van der Waals surface area contributed by atoms with E-state index in [1.807, 2.05) is 0 Å². The number of amides is 1. The molecule has 7 nitrogen and oxygen atoms in total. The van der Waals surface area contributed by atoms with Crippen molar-refractivity contribution in [3.8, 4) is 0 Å². The van der Waals surface area contributed by atoms with E-state index < -0.39 is 36.0 Å². The molecule has 0 N–H and O–H groups in total. The van der Waals surface area contributed by atoms with Crippen molar-refractivity contribution in [3.05, 3.63) is 11.6 Å². The third-order valence-corrected chi connectivity index (χ3v) is 3.36. The van der Waals surface area contributed by atoms with E-state index in [1.165, 1.54) is 12.0 Å². The number of ether oxygens (including phenoxy) is 2. The van der Waals surface area contributed by atoms with Crippen LogP contribution in [0.2, 0.25) is 0 Å². The third-order valence-electron chi connectivity index (χ3n) is 3.36. The molecule has 1 aromatic heterocycles. The van der Waals surface area contributed by atoms with Gasteiger partial charge in [0.15, 0.2) is 12.1 Å². The monoisotopic (exact) mass is 336 g/mol. The highest BCUT2D eigenvalue weighted by Gasteiger charge is 2.45. The van der Waals surface area contributed by atoms with Crippen LogP contribution in [0, 0.1) is 0 Å². The molecule has 0 aromatic carbocycles. The minimum atomic E-state index is -4.66. The molecule has 2 atom stereocenters. The summed E-state index contributed by atoms with van der Waals surface area (Å²) in [6.07, 6.45) is -6.34. The summed E-state index contributed by atoms with van der Waals surface area (Å²) in [6, 6.07) is -0.722. The van der Waals surface area contributed by atoms with Gasteiger partial charge in [0.2, 0.25) is 5.82 Å². The molecule has 1 aromatic rings. The number of fused-ring (bicyclic) bond motifs is 1. The average Bonchev–Trinajstić information content (AvgIpc) is 2.82. The van der Waals surface area contributed by atoms with Gasteiger partial charge in [-0.05, 0) is 27.7 Å². The zero-order valence-corrected chi connectivity index (χ0v) is 13.5. The normalized spacial score (nSPS) is 22.0. The lowest BCUT2D eigenvalue weighted by Gasteiger charge is -2.38. The minimum absolute atomic E-state index is 0.00119. The molecule has 10 heteroatoms. The van der Waals surface area contributed by atoms with Gasteiger partial charge in [0.25, 0.3) is 0 Å². The molecule has 1 aliphatic heterocycles. The SMILES string of the molecule is COC1CN(C(=O)OC(C)(C)C)C(C)c2nnc(C(F)(F)F)n21. The topological polar surface area (TPSA) is 69.5 Å².